The van der Waals surface area contributed by atoms with E-state index in [-0.39, 0.29) is 5.91 Å². The Morgan fingerprint density at radius 3 is 2.15 bits per heavy atom. The number of carbonyl (C=O) groups excluding carboxylic acids is 1. The molecule has 3 aromatic rings. The van der Waals surface area contributed by atoms with E-state index >= 15 is 0 Å². The maximum absolute atomic E-state index is 13.2. The lowest BCUT2D eigenvalue weighted by Crippen LogP contribution is -2.46. The van der Waals surface area contributed by atoms with Crippen LogP contribution in [0.4, 0.5) is 0 Å². The number of aromatic nitrogens is 2. The molecule has 0 spiro atoms. The van der Waals surface area contributed by atoms with Gasteiger partial charge in [0.15, 0.2) is 5.60 Å². The second kappa shape index (κ2) is 7.97. The standard InChI is InChI=1S/C21H23N3O2/c1-23(14-8-15-24-16-13-22-17-24)20(25)21(26,18-9-4-2-5-10-18)19-11-6-3-7-12-19/h2-7,9-13,16-17,26H,8,14-15H2,1H3. The van der Waals surface area contributed by atoms with Crippen molar-refractivity contribution in [3.63, 3.8) is 0 Å². The van der Waals surface area contributed by atoms with Crippen molar-refractivity contribution in [2.24, 2.45) is 0 Å². The summed E-state index contributed by atoms with van der Waals surface area (Å²) >= 11 is 0. The van der Waals surface area contributed by atoms with Crippen LogP contribution in [0.2, 0.25) is 0 Å². The van der Waals surface area contributed by atoms with Gasteiger partial charge in [0, 0.05) is 32.5 Å². The van der Waals surface area contributed by atoms with Crippen LogP contribution in [0.15, 0.2) is 79.4 Å². The van der Waals surface area contributed by atoms with Gasteiger partial charge in [0.25, 0.3) is 5.91 Å². The Labute approximate surface area is 153 Å². The van der Waals surface area contributed by atoms with Crippen LogP contribution in [0, 0.1) is 0 Å². The van der Waals surface area contributed by atoms with Crippen molar-refractivity contribution in [1.29, 1.82) is 0 Å². The SMILES string of the molecule is CN(CCCn1ccnc1)C(=O)C(O)(c1ccccc1)c1ccccc1. The van der Waals surface area contributed by atoms with Crippen molar-refractivity contribution in [2.75, 3.05) is 13.6 Å². The van der Waals surface area contributed by atoms with Crippen molar-refractivity contribution in [3.05, 3.63) is 90.5 Å². The van der Waals surface area contributed by atoms with Crippen LogP contribution in [-0.2, 0) is 16.9 Å². The molecule has 134 valence electrons. The quantitative estimate of drug-likeness (QED) is 0.713. The molecule has 5 nitrogen and oxygen atoms in total. The molecule has 0 radical (unpaired) electrons. The van der Waals surface area contributed by atoms with Gasteiger partial charge >= 0.3 is 0 Å². The van der Waals surface area contributed by atoms with Crippen LogP contribution in [0.5, 0.6) is 0 Å². The van der Waals surface area contributed by atoms with Gasteiger partial charge in [0.1, 0.15) is 0 Å². The van der Waals surface area contributed by atoms with Crippen molar-refractivity contribution in [2.45, 2.75) is 18.6 Å². The molecule has 0 saturated heterocycles. The van der Waals surface area contributed by atoms with Crippen LogP contribution < -0.4 is 0 Å². The van der Waals surface area contributed by atoms with Gasteiger partial charge in [0.2, 0.25) is 0 Å². The molecule has 1 amide bonds. The van der Waals surface area contributed by atoms with Crippen LogP contribution in [0.25, 0.3) is 0 Å². The van der Waals surface area contributed by atoms with E-state index in [0.717, 1.165) is 13.0 Å². The predicted molar refractivity (Wildman–Crippen MR) is 100 cm³/mol. The van der Waals surface area contributed by atoms with Crippen LogP contribution in [0.1, 0.15) is 17.5 Å². The van der Waals surface area contributed by atoms with E-state index in [4.69, 9.17) is 0 Å². The van der Waals surface area contributed by atoms with Gasteiger partial charge < -0.3 is 14.6 Å². The summed E-state index contributed by atoms with van der Waals surface area (Å²) < 4.78 is 1.97. The molecule has 2 aromatic carbocycles. The third kappa shape index (κ3) is 3.68. The number of imidazole rings is 1. The van der Waals surface area contributed by atoms with Crippen molar-refractivity contribution in [3.8, 4) is 0 Å². The summed E-state index contributed by atoms with van der Waals surface area (Å²) in [5.41, 5.74) is -0.568. The molecule has 0 aliphatic rings. The highest BCUT2D eigenvalue weighted by atomic mass is 16.3. The molecule has 26 heavy (non-hydrogen) atoms. The summed E-state index contributed by atoms with van der Waals surface area (Å²) in [5.74, 6) is -0.333. The summed E-state index contributed by atoms with van der Waals surface area (Å²) in [6.45, 7) is 1.31. The third-order valence-corrected chi connectivity index (χ3v) is 4.51. The number of carbonyl (C=O) groups is 1. The van der Waals surface area contributed by atoms with Crippen LogP contribution >= 0.6 is 0 Å². The molecule has 3 rings (SSSR count). The normalized spacial score (nSPS) is 11.3. The van der Waals surface area contributed by atoms with Gasteiger partial charge in [-0.3, -0.25) is 4.79 Å². The zero-order chi connectivity index (χ0) is 18.4. The molecule has 1 aromatic heterocycles. The highest BCUT2D eigenvalue weighted by Gasteiger charge is 2.41. The number of benzene rings is 2. The molecule has 0 bridgehead atoms. The highest BCUT2D eigenvalue weighted by molar-refractivity contribution is 5.89. The smallest absolute Gasteiger partial charge is 0.263 e. The summed E-state index contributed by atoms with van der Waals surface area (Å²) in [6, 6.07) is 18.2. The molecule has 0 aliphatic heterocycles. The Hall–Kier alpha value is -2.92. The maximum Gasteiger partial charge on any atom is 0.263 e. The summed E-state index contributed by atoms with van der Waals surface area (Å²) in [4.78, 5) is 18.8. The molecule has 0 aliphatic carbocycles. The number of aryl methyl sites for hydroxylation is 1. The molecule has 1 N–H and O–H groups in total. The Kier molecular flexibility index (Phi) is 5.49. The van der Waals surface area contributed by atoms with E-state index in [2.05, 4.69) is 4.98 Å². The van der Waals surface area contributed by atoms with Crippen LogP contribution in [0.3, 0.4) is 0 Å². The number of nitrogens with zero attached hydrogens (tertiary/aromatic N) is 3. The number of rotatable bonds is 7. The fourth-order valence-corrected chi connectivity index (χ4v) is 3.06. The summed E-state index contributed by atoms with van der Waals surface area (Å²) in [5, 5.41) is 11.5. The van der Waals surface area contributed by atoms with E-state index in [1.165, 1.54) is 0 Å². The topological polar surface area (TPSA) is 58.4 Å². The van der Waals surface area contributed by atoms with Gasteiger partial charge in [-0.15, -0.1) is 0 Å². The van der Waals surface area contributed by atoms with Crippen molar-refractivity contribution in [1.82, 2.24) is 14.5 Å². The largest absolute Gasteiger partial charge is 0.372 e. The minimum Gasteiger partial charge on any atom is -0.372 e. The predicted octanol–water partition coefficient (Wildman–Crippen LogP) is 2.67. The number of aliphatic hydroxyl groups is 1. The monoisotopic (exact) mass is 349 g/mol. The first-order valence-electron chi connectivity index (χ1n) is 8.67. The molecule has 5 heteroatoms. The Morgan fingerprint density at radius 1 is 1.08 bits per heavy atom. The summed E-state index contributed by atoms with van der Waals surface area (Å²) in [6.07, 6.45) is 6.16. The molecule has 0 saturated carbocycles. The van der Waals surface area contributed by atoms with Gasteiger partial charge in [-0.2, -0.15) is 0 Å². The minimum atomic E-state index is -1.70. The van der Waals surface area contributed by atoms with Gasteiger partial charge in [-0.25, -0.2) is 4.98 Å². The Bertz CT molecular complexity index is 777. The lowest BCUT2D eigenvalue weighted by atomic mass is 9.85. The second-order valence-corrected chi connectivity index (χ2v) is 6.32. The van der Waals surface area contributed by atoms with E-state index in [0.29, 0.717) is 17.7 Å². The van der Waals surface area contributed by atoms with Gasteiger partial charge in [0.05, 0.1) is 6.33 Å². The summed E-state index contributed by atoms with van der Waals surface area (Å²) in [7, 11) is 1.73. The number of hydrogen-bond acceptors (Lipinski definition) is 3. The highest BCUT2D eigenvalue weighted by Crippen LogP contribution is 2.31. The lowest BCUT2D eigenvalue weighted by molar-refractivity contribution is -0.146. The number of hydrogen-bond donors (Lipinski definition) is 1. The first kappa shape index (κ1) is 17.9. The van der Waals surface area contributed by atoms with E-state index in [9.17, 15) is 9.90 Å². The average Bonchev–Trinajstić information content (AvgIpc) is 3.21. The minimum absolute atomic E-state index is 0.333. The zero-order valence-corrected chi connectivity index (χ0v) is 14.8. The zero-order valence-electron chi connectivity index (χ0n) is 14.8. The maximum atomic E-state index is 13.2. The molecule has 1 heterocycles. The van der Waals surface area contributed by atoms with Crippen molar-refractivity contribution >= 4 is 5.91 Å². The lowest BCUT2D eigenvalue weighted by Gasteiger charge is -2.32. The molecule has 0 atom stereocenters. The fraction of sp³-hybridized carbons (Fsp3) is 0.238. The molecule has 0 unspecified atom stereocenters. The Balaban J connectivity index is 1.81. The first-order valence-corrected chi connectivity index (χ1v) is 8.67. The average molecular weight is 349 g/mol. The van der Waals surface area contributed by atoms with Crippen molar-refractivity contribution < 1.29 is 9.90 Å². The van der Waals surface area contributed by atoms with E-state index in [1.54, 1.807) is 48.7 Å². The molecule has 0 fully saturated rings. The van der Waals surface area contributed by atoms with Gasteiger partial charge in [-0.1, -0.05) is 60.7 Å². The van der Waals surface area contributed by atoms with Gasteiger partial charge in [-0.05, 0) is 17.5 Å². The number of amides is 1. The number of likely N-dealkylation sites (N-methyl/N-ethyl adjacent to an activating group) is 1. The first-order chi connectivity index (χ1) is 12.6. The van der Waals surface area contributed by atoms with Crippen LogP contribution in [-0.4, -0.2) is 39.1 Å². The fourth-order valence-electron chi connectivity index (χ4n) is 3.06. The molecular weight excluding hydrogens is 326 g/mol. The van der Waals surface area contributed by atoms with E-state index in [1.807, 2.05) is 47.2 Å². The third-order valence-electron chi connectivity index (χ3n) is 4.51. The Morgan fingerprint density at radius 2 is 1.65 bits per heavy atom. The van der Waals surface area contributed by atoms with E-state index < -0.39 is 5.60 Å². The molecular formula is C21H23N3O2. The second-order valence-electron chi connectivity index (χ2n) is 6.32.